The van der Waals surface area contributed by atoms with Crippen LogP contribution in [0.3, 0.4) is 0 Å². The van der Waals surface area contributed by atoms with Gasteiger partial charge in [-0.25, -0.2) is 0 Å². The van der Waals surface area contributed by atoms with E-state index in [0.29, 0.717) is 17.9 Å². The summed E-state index contributed by atoms with van der Waals surface area (Å²) in [4.78, 5) is 38.6. The molecule has 0 atom stereocenters. The molecule has 4 bridgehead atoms. The molecular weight excluding hydrogens is 382 g/mol. The summed E-state index contributed by atoms with van der Waals surface area (Å²) in [6.45, 7) is 0.219. The van der Waals surface area contributed by atoms with E-state index in [-0.39, 0.29) is 42.7 Å². The molecule has 4 fully saturated rings. The van der Waals surface area contributed by atoms with Crippen molar-refractivity contribution in [1.29, 1.82) is 0 Å². The highest BCUT2D eigenvalue weighted by Gasteiger charge is 2.51. The molecule has 1 aromatic rings. The Hall–Kier alpha value is -2.57. The number of nitrogens with one attached hydrogen (secondary N) is 2. The molecule has 1 aliphatic heterocycles. The van der Waals surface area contributed by atoms with Gasteiger partial charge in [0.1, 0.15) is 5.75 Å². The minimum Gasteiger partial charge on any atom is -0.482 e. The lowest BCUT2D eigenvalue weighted by Crippen LogP contribution is -2.50. The highest BCUT2D eigenvalue weighted by Crippen LogP contribution is 2.61. The molecule has 2 N–H and O–H groups in total. The standard InChI is InChI=1S/C23H29N3O4/c27-20(5-6-26-18-3-1-2-4-19(18)30-14-22(26)29)24-25-21(28)13-23-10-15-7-16(11-23)9-17(8-15)12-23/h1-4,15-17H,5-14H2,(H,24,27)(H,25,28). The van der Waals surface area contributed by atoms with E-state index in [9.17, 15) is 14.4 Å². The van der Waals surface area contributed by atoms with Gasteiger partial charge in [-0.05, 0) is 73.8 Å². The Bertz CT molecular complexity index is 832. The van der Waals surface area contributed by atoms with Crippen LogP contribution < -0.4 is 20.5 Å². The molecule has 30 heavy (non-hydrogen) atoms. The zero-order valence-electron chi connectivity index (χ0n) is 17.2. The maximum Gasteiger partial charge on any atom is 0.265 e. The van der Waals surface area contributed by atoms with Gasteiger partial charge in [0.25, 0.3) is 5.91 Å². The predicted molar refractivity (Wildman–Crippen MR) is 110 cm³/mol. The summed E-state index contributed by atoms with van der Waals surface area (Å²) < 4.78 is 5.42. The van der Waals surface area contributed by atoms with E-state index in [1.54, 1.807) is 17.0 Å². The van der Waals surface area contributed by atoms with Crippen molar-refractivity contribution in [3.05, 3.63) is 24.3 Å². The summed E-state index contributed by atoms with van der Waals surface area (Å²) >= 11 is 0. The fraction of sp³-hybridized carbons (Fsp3) is 0.609. The summed E-state index contributed by atoms with van der Waals surface area (Å²) in [5.74, 6) is 2.46. The second-order valence-electron chi connectivity index (χ2n) is 9.74. The van der Waals surface area contributed by atoms with Crippen molar-refractivity contribution in [3.8, 4) is 5.75 Å². The number of hydrogen-bond acceptors (Lipinski definition) is 4. The van der Waals surface area contributed by atoms with E-state index in [4.69, 9.17) is 4.74 Å². The monoisotopic (exact) mass is 411 g/mol. The molecule has 7 heteroatoms. The number of fused-ring (bicyclic) bond motifs is 1. The highest BCUT2D eigenvalue weighted by molar-refractivity contribution is 5.98. The molecule has 0 saturated heterocycles. The fourth-order valence-corrected chi connectivity index (χ4v) is 6.71. The number of nitrogens with zero attached hydrogens (tertiary/aromatic N) is 1. The van der Waals surface area contributed by atoms with Crippen molar-refractivity contribution >= 4 is 23.4 Å². The maximum atomic E-state index is 12.5. The normalized spacial score (nSPS) is 31.1. The molecule has 5 aliphatic rings. The Morgan fingerprint density at radius 2 is 1.63 bits per heavy atom. The van der Waals surface area contributed by atoms with Crippen molar-refractivity contribution < 1.29 is 19.1 Å². The number of anilines is 1. The number of hydrazine groups is 1. The smallest absolute Gasteiger partial charge is 0.265 e. The zero-order chi connectivity index (χ0) is 20.7. The Labute approximate surface area is 176 Å². The molecule has 7 nitrogen and oxygen atoms in total. The van der Waals surface area contributed by atoms with E-state index in [0.717, 1.165) is 17.8 Å². The van der Waals surface area contributed by atoms with E-state index < -0.39 is 0 Å². The molecule has 0 radical (unpaired) electrons. The highest BCUT2D eigenvalue weighted by atomic mass is 16.5. The molecule has 1 aromatic carbocycles. The lowest BCUT2D eigenvalue weighted by molar-refractivity contribution is -0.134. The van der Waals surface area contributed by atoms with E-state index >= 15 is 0 Å². The van der Waals surface area contributed by atoms with Crippen LogP contribution in [0.1, 0.15) is 51.4 Å². The molecule has 3 amide bonds. The predicted octanol–water partition coefficient (Wildman–Crippen LogP) is 2.56. The van der Waals surface area contributed by atoms with E-state index in [1.807, 2.05) is 12.1 Å². The third kappa shape index (κ3) is 3.77. The van der Waals surface area contributed by atoms with Gasteiger partial charge in [-0.2, -0.15) is 0 Å². The number of carbonyl (C=O) groups excluding carboxylic acids is 3. The second kappa shape index (κ2) is 7.60. The van der Waals surface area contributed by atoms with E-state index in [1.165, 1.54) is 38.5 Å². The van der Waals surface area contributed by atoms with Crippen LogP contribution in [0, 0.1) is 23.2 Å². The molecule has 6 rings (SSSR count). The average molecular weight is 412 g/mol. The van der Waals surface area contributed by atoms with Gasteiger partial charge in [0.2, 0.25) is 11.8 Å². The largest absolute Gasteiger partial charge is 0.482 e. The third-order valence-electron chi connectivity index (χ3n) is 7.41. The van der Waals surface area contributed by atoms with Crippen LogP contribution >= 0.6 is 0 Å². The number of para-hydroxylation sites is 2. The summed E-state index contributed by atoms with van der Waals surface area (Å²) in [7, 11) is 0. The number of hydrogen-bond donors (Lipinski definition) is 2. The molecule has 1 heterocycles. The van der Waals surface area contributed by atoms with Crippen LogP contribution in [-0.2, 0) is 14.4 Å². The van der Waals surface area contributed by atoms with Crippen molar-refractivity contribution in [2.24, 2.45) is 23.2 Å². The first kappa shape index (κ1) is 19.4. The summed E-state index contributed by atoms with van der Waals surface area (Å²) in [5.41, 5.74) is 5.96. The first-order valence-corrected chi connectivity index (χ1v) is 11.1. The minimum atomic E-state index is -0.300. The molecule has 0 unspecified atom stereocenters. The SMILES string of the molecule is O=C(CCN1C(=O)COc2ccccc21)NNC(=O)CC12CC3CC(CC(C3)C1)C2. The Kier molecular flexibility index (Phi) is 4.91. The van der Waals surface area contributed by atoms with Crippen molar-refractivity contribution in [3.63, 3.8) is 0 Å². The van der Waals surface area contributed by atoms with Crippen molar-refractivity contribution in [2.45, 2.75) is 51.4 Å². The number of ether oxygens (including phenoxy) is 1. The number of benzene rings is 1. The Balaban J connectivity index is 1.10. The van der Waals surface area contributed by atoms with Crippen molar-refractivity contribution in [2.75, 3.05) is 18.1 Å². The van der Waals surface area contributed by atoms with Gasteiger partial charge < -0.3 is 9.64 Å². The summed E-state index contributed by atoms with van der Waals surface area (Å²) in [6, 6.07) is 7.29. The molecule has 0 spiro atoms. The molecule has 4 aliphatic carbocycles. The first-order valence-electron chi connectivity index (χ1n) is 11.1. The fourth-order valence-electron chi connectivity index (χ4n) is 6.71. The van der Waals surface area contributed by atoms with Gasteiger partial charge in [-0.15, -0.1) is 0 Å². The lowest BCUT2D eigenvalue weighted by atomic mass is 9.49. The first-order chi connectivity index (χ1) is 14.5. The van der Waals surface area contributed by atoms with E-state index in [2.05, 4.69) is 10.9 Å². The molecule has 4 saturated carbocycles. The van der Waals surface area contributed by atoms with Crippen LogP contribution in [0.15, 0.2) is 24.3 Å². The lowest BCUT2D eigenvalue weighted by Gasteiger charge is -2.56. The Morgan fingerprint density at radius 1 is 1.00 bits per heavy atom. The summed E-state index contributed by atoms with van der Waals surface area (Å²) in [6.07, 6.45) is 8.16. The second-order valence-corrected chi connectivity index (χ2v) is 9.74. The number of amides is 3. The molecular formula is C23H29N3O4. The maximum absolute atomic E-state index is 12.5. The van der Waals surface area contributed by atoms with Gasteiger partial charge in [0.05, 0.1) is 5.69 Å². The van der Waals surface area contributed by atoms with Gasteiger partial charge in [-0.3, -0.25) is 25.2 Å². The van der Waals surface area contributed by atoms with Crippen molar-refractivity contribution in [1.82, 2.24) is 10.9 Å². The van der Waals surface area contributed by atoms with Crippen LogP contribution in [0.5, 0.6) is 5.75 Å². The van der Waals surface area contributed by atoms with Gasteiger partial charge >= 0.3 is 0 Å². The number of carbonyl (C=O) groups is 3. The Morgan fingerprint density at radius 3 is 2.33 bits per heavy atom. The van der Waals surface area contributed by atoms with Gasteiger partial charge in [0.15, 0.2) is 6.61 Å². The topological polar surface area (TPSA) is 87.7 Å². The molecule has 0 aromatic heterocycles. The van der Waals surface area contributed by atoms with Gasteiger partial charge in [0, 0.05) is 19.4 Å². The van der Waals surface area contributed by atoms with Crippen LogP contribution in [0.4, 0.5) is 5.69 Å². The zero-order valence-corrected chi connectivity index (χ0v) is 17.2. The number of rotatable bonds is 5. The molecule has 160 valence electrons. The minimum absolute atomic E-state index is 0.0273. The summed E-state index contributed by atoms with van der Waals surface area (Å²) in [5, 5.41) is 0. The van der Waals surface area contributed by atoms with Crippen LogP contribution in [-0.4, -0.2) is 30.9 Å². The third-order valence-corrected chi connectivity index (χ3v) is 7.41. The van der Waals surface area contributed by atoms with Crippen LogP contribution in [0.25, 0.3) is 0 Å². The van der Waals surface area contributed by atoms with Crippen LogP contribution in [0.2, 0.25) is 0 Å². The van der Waals surface area contributed by atoms with Gasteiger partial charge in [-0.1, -0.05) is 12.1 Å². The average Bonchev–Trinajstić information content (AvgIpc) is 2.70. The quantitative estimate of drug-likeness (QED) is 0.729.